The second-order valence-electron chi connectivity index (χ2n) is 7.50. The second-order valence-corrected chi connectivity index (χ2v) is 8.45. The highest BCUT2D eigenvalue weighted by Crippen LogP contribution is 2.31. The average Bonchev–Trinajstić information content (AvgIpc) is 3.29. The summed E-state index contributed by atoms with van der Waals surface area (Å²) in [6.45, 7) is 4.05. The zero-order valence-corrected chi connectivity index (χ0v) is 18.8. The van der Waals surface area contributed by atoms with E-state index in [-0.39, 0.29) is 11.7 Å². The van der Waals surface area contributed by atoms with Gasteiger partial charge in [0.2, 0.25) is 5.91 Å². The molecule has 1 N–H and O–H groups in total. The maximum atomic E-state index is 12.4. The van der Waals surface area contributed by atoms with Crippen LogP contribution in [0, 0.1) is 13.8 Å². The van der Waals surface area contributed by atoms with E-state index in [0.29, 0.717) is 11.0 Å². The fourth-order valence-electron chi connectivity index (χ4n) is 3.30. The molecule has 1 amide bonds. The minimum Gasteiger partial charge on any atom is -0.325 e. The highest BCUT2D eigenvalue weighted by molar-refractivity contribution is 7.99. The van der Waals surface area contributed by atoms with Crippen molar-refractivity contribution in [2.45, 2.75) is 19.0 Å². The lowest BCUT2D eigenvalue weighted by Gasteiger charge is -2.06. The molecule has 2 heterocycles. The fourth-order valence-corrected chi connectivity index (χ4v) is 4.01. The van der Waals surface area contributed by atoms with E-state index in [0.717, 1.165) is 28.1 Å². The summed E-state index contributed by atoms with van der Waals surface area (Å²) in [6.07, 6.45) is 1.94. The Hall–Kier alpha value is -3.39. The van der Waals surface area contributed by atoms with Crippen molar-refractivity contribution in [3.63, 3.8) is 0 Å². The predicted molar refractivity (Wildman–Crippen MR) is 124 cm³/mol. The summed E-state index contributed by atoms with van der Waals surface area (Å²) in [4.78, 5) is 12.4. The van der Waals surface area contributed by atoms with Gasteiger partial charge < -0.3 is 9.88 Å². The Bertz CT molecular complexity index is 1230. The van der Waals surface area contributed by atoms with Crippen molar-refractivity contribution in [1.82, 2.24) is 24.5 Å². The van der Waals surface area contributed by atoms with Gasteiger partial charge in [-0.05, 0) is 31.5 Å². The van der Waals surface area contributed by atoms with E-state index in [9.17, 15) is 4.79 Å². The monoisotopic (exact) mass is 432 g/mol. The van der Waals surface area contributed by atoms with Crippen molar-refractivity contribution in [3.8, 4) is 22.6 Å². The predicted octanol–water partition coefficient (Wildman–Crippen LogP) is 4.23. The number of amides is 1. The van der Waals surface area contributed by atoms with Crippen LogP contribution in [0.15, 0.2) is 59.9 Å². The molecule has 0 aliphatic rings. The smallest absolute Gasteiger partial charge is 0.234 e. The number of anilines is 1. The van der Waals surface area contributed by atoms with Crippen LogP contribution in [0.25, 0.3) is 22.6 Å². The summed E-state index contributed by atoms with van der Waals surface area (Å²) in [6, 6.07) is 16.0. The second kappa shape index (κ2) is 8.77. The Morgan fingerprint density at radius 3 is 2.55 bits per heavy atom. The Labute approximate surface area is 185 Å². The normalized spacial score (nSPS) is 11.0. The molecule has 0 aliphatic carbocycles. The minimum atomic E-state index is -0.0816. The van der Waals surface area contributed by atoms with E-state index in [2.05, 4.69) is 51.8 Å². The van der Waals surface area contributed by atoms with Crippen LogP contribution in [0.4, 0.5) is 5.69 Å². The molecule has 0 unspecified atom stereocenters. The minimum absolute atomic E-state index is 0.0816. The van der Waals surface area contributed by atoms with Gasteiger partial charge in [-0.15, -0.1) is 10.2 Å². The first-order chi connectivity index (χ1) is 14.9. The third-order valence-electron chi connectivity index (χ3n) is 4.86. The van der Waals surface area contributed by atoms with Crippen molar-refractivity contribution in [3.05, 3.63) is 65.9 Å². The van der Waals surface area contributed by atoms with Gasteiger partial charge in [-0.2, -0.15) is 5.10 Å². The highest BCUT2D eigenvalue weighted by atomic mass is 32.2. The maximum Gasteiger partial charge on any atom is 0.234 e. The van der Waals surface area contributed by atoms with Gasteiger partial charge in [0.1, 0.15) is 5.69 Å². The molecule has 4 rings (SSSR count). The first-order valence-corrected chi connectivity index (χ1v) is 10.9. The Kier molecular flexibility index (Phi) is 5.90. The van der Waals surface area contributed by atoms with Crippen LogP contribution in [0.5, 0.6) is 0 Å². The van der Waals surface area contributed by atoms with Crippen LogP contribution in [0.1, 0.15) is 11.1 Å². The van der Waals surface area contributed by atoms with E-state index in [1.54, 1.807) is 4.68 Å². The number of aryl methyl sites for hydroxylation is 3. The molecule has 31 heavy (non-hydrogen) atoms. The van der Waals surface area contributed by atoms with Gasteiger partial charge in [0.05, 0.1) is 11.3 Å². The molecule has 0 saturated carbocycles. The summed E-state index contributed by atoms with van der Waals surface area (Å²) in [5, 5.41) is 16.9. The van der Waals surface area contributed by atoms with Gasteiger partial charge in [0.15, 0.2) is 11.0 Å². The molecule has 0 radical (unpaired) electrons. The van der Waals surface area contributed by atoms with E-state index in [4.69, 9.17) is 0 Å². The number of nitrogens with one attached hydrogen (secondary N) is 1. The molecule has 2 aromatic heterocycles. The number of nitrogens with zero attached hydrogens (tertiary/aromatic N) is 5. The lowest BCUT2D eigenvalue weighted by Crippen LogP contribution is -2.14. The highest BCUT2D eigenvalue weighted by Gasteiger charge is 2.19. The van der Waals surface area contributed by atoms with E-state index in [1.807, 2.05) is 56.0 Å². The first kappa shape index (κ1) is 20.9. The van der Waals surface area contributed by atoms with Crippen molar-refractivity contribution in [1.29, 1.82) is 0 Å². The van der Waals surface area contributed by atoms with Gasteiger partial charge in [-0.1, -0.05) is 53.7 Å². The Morgan fingerprint density at radius 1 is 1.03 bits per heavy atom. The zero-order chi connectivity index (χ0) is 22.0. The van der Waals surface area contributed by atoms with Gasteiger partial charge in [0.25, 0.3) is 0 Å². The molecule has 8 heteroatoms. The summed E-state index contributed by atoms with van der Waals surface area (Å²) >= 11 is 1.35. The fraction of sp³-hybridized carbons (Fsp3) is 0.217. The van der Waals surface area contributed by atoms with Crippen LogP contribution >= 0.6 is 11.8 Å². The molecule has 0 spiro atoms. The standard InChI is InChI=1S/C23H24N6OS/c1-15-8-10-17(11-9-15)21-19(13-28(3)27-21)22-25-26-23(29(22)4)31-14-20(30)24-18-7-5-6-16(2)12-18/h5-13H,14H2,1-4H3,(H,24,30). The Morgan fingerprint density at radius 2 is 1.81 bits per heavy atom. The molecule has 0 aliphatic heterocycles. The lowest BCUT2D eigenvalue weighted by molar-refractivity contribution is -0.113. The first-order valence-electron chi connectivity index (χ1n) is 9.90. The number of rotatable bonds is 6. The van der Waals surface area contributed by atoms with E-state index < -0.39 is 0 Å². The van der Waals surface area contributed by atoms with E-state index >= 15 is 0 Å². The molecule has 2 aromatic carbocycles. The molecule has 0 atom stereocenters. The number of aromatic nitrogens is 5. The molecule has 7 nitrogen and oxygen atoms in total. The number of hydrogen-bond donors (Lipinski definition) is 1. The summed E-state index contributed by atoms with van der Waals surface area (Å²) in [5.41, 5.74) is 5.87. The van der Waals surface area contributed by atoms with Gasteiger partial charge in [-0.3, -0.25) is 9.48 Å². The number of hydrogen-bond acceptors (Lipinski definition) is 5. The number of thioether (sulfide) groups is 1. The summed E-state index contributed by atoms with van der Waals surface area (Å²) in [7, 11) is 3.80. The molecule has 0 saturated heterocycles. The summed E-state index contributed by atoms with van der Waals surface area (Å²) in [5.74, 6) is 0.879. The quantitative estimate of drug-likeness (QED) is 0.461. The van der Waals surface area contributed by atoms with Crippen molar-refractivity contribution >= 4 is 23.4 Å². The van der Waals surface area contributed by atoms with Crippen LogP contribution in [0.3, 0.4) is 0 Å². The zero-order valence-electron chi connectivity index (χ0n) is 18.0. The SMILES string of the molecule is Cc1ccc(-c2nn(C)cc2-c2nnc(SCC(=O)Nc3cccc(C)c3)n2C)cc1. The number of benzene rings is 2. The van der Waals surface area contributed by atoms with Gasteiger partial charge >= 0.3 is 0 Å². The number of carbonyl (C=O) groups excluding carboxylic acids is 1. The number of carbonyl (C=O) groups is 1. The third kappa shape index (κ3) is 4.69. The average molecular weight is 433 g/mol. The van der Waals surface area contributed by atoms with Crippen LogP contribution < -0.4 is 5.32 Å². The van der Waals surface area contributed by atoms with Crippen LogP contribution in [-0.4, -0.2) is 36.2 Å². The van der Waals surface area contributed by atoms with Gasteiger partial charge in [0, 0.05) is 31.5 Å². The molecular formula is C23H24N6OS. The van der Waals surface area contributed by atoms with Crippen LogP contribution in [0.2, 0.25) is 0 Å². The molecule has 0 bridgehead atoms. The third-order valence-corrected chi connectivity index (χ3v) is 5.88. The molecule has 0 fully saturated rings. The molecule has 158 valence electrons. The lowest BCUT2D eigenvalue weighted by atomic mass is 10.1. The van der Waals surface area contributed by atoms with Crippen LogP contribution in [-0.2, 0) is 18.9 Å². The topological polar surface area (TPSA) is 77.6 Å². The van der Waals surface area contributed by atoms with Crippen molar-refractivity contribution < 1.29 is 4.79 Å². The van der Waals surface area contributed by atoms with Crippen molar-refractivity contribution in [2.75, 3.05) is 11.1 Å². The van der Waals surface area contributed by atoms with Gasteiger partial charge in [-0.25, -0.2) is 0 Å². The Balaban J connectivity index is 1.51. The largest absolute Gasteiger partial charge is 0.325 e. The van der Waals surface area contributed by atoms with Crippen molar-refractivity contribution in [2.24, 2.45) is 14.1 Å². The molecular weight excluding hydrogens is 408 g/mol. The maximum absolute atomic E-state index is 12.4. The van der Waals surface area contributed by atoms with E-state index in [1.165, 1.54) is 17.3 Å². The molecule has 4 aromatic rings. The summed E-state index contributed by atoms with van der Waals surface area (Å²) < 4.78 is 3.68.